The van der Waals surface area contributed by atoms with Crippen LogP contribution in [-0.4, -0.2) is 11.4 Å². The van der Waals surface area contributed by atoms with Gasteiger partial charge in [0.2, 0.25) is 0 Å². The van der Waals surface area contributed by atoms with Crippen LogP contribution in [0.4, 0.5) is 5.69 Å². The number of anilines is 1. The van der Waals surface area contributed by atoms with Gasteiger partial charge in [0.25, 0.3) is 0 Å². The standard InChI is InChI=1S/C9H11NO2/c10-7-2-3-8-6(5-7)1-4-9(11)12-8/h2-3,5,9,11H,1,4,10H2. The number of aryl methyl sites for hydroxylation is 1. The molecule has 0 saturated heterocycles. The summed E-state index contributed by atoms with van der Waals surface area (Å²) in [5.74, 6) is 0.753. The SMILES string of the molecule is Nc1ccc2c(c1)CCC(O)O2. The Hall–Kier alpha value is -1.22. The summed E-state index contributed by atoms with van der Waals surface area (Å²) in [7, 11) is 0. The van der Waals surface area contributed by atoms with Gasteiger partial charge in [-0.2, -0.15) is 0 Å². The monoisotopic (exact) mass is 165 g/mol. The highest BCUT2D eigenvalue weighted by molar-refractivity contribution is 5.48. The number of hydrogen-bond donors (Lipinski definition) is 2. The average molecular weight is 165 g/mol. The second-order valence-corrected chi connectivity index (χ2v) is 2.98. The van der Waals surface area contributed by atoms with Crippen LogP contribution in [0.2, 0.25) is 0 Å². The molecular weight excluding hydrogens is 154 g/mol. The van der Waals surface area contributed by atoms with Crippen molar-refractivity contribution in [3.05, 3.63) is 23.8 Å². The minimum absolute atomic E-state index is 0.649. The zero-order valence-corrected chi connectivity index (χ0v) is 6.66. The van der Waals surface area contributed by atoms with Gasteiger partial charge in [0.1, 0.15) is 5.75 Å². The fourth-order valence-corrected chi connectivity index (χ4v) is 1.39. The topological polar surface area (TPSA) is 55.5 Å². The van der Waals surface area contributed by atoms with Crippen molar-refractivity contribution in [1.29, 1.82) is 0 Å². The molecule has 1 aliphatic heterocycles. The van der Waals surface area contributed by atoms with E-state index in [1.54, 1.807) is 12.1 Å². The molecule has 1 atom stereocenters. The van der Waals surface area contributed by atoms with E-state index >= 15 is 0 Å². The number of rotatable bonds is 0. The Kier molecular flexibility index (Phi) is 1.66. The van der Waals surface area contributed by atoms with Crippen molar-refractivity contribution in [3.8, 4) is 5.75 Å². The lowest BCUT2D eigenvalue weighted by molar-refractivity contribution is -0.0316. The maximum absolute atomic E-state index is 9.17. The molecule has 0 fully saturated rings. The molecule has 1 unspecified atom stereocenters. The van der Waals surface area contributed by atoms with E-state index in [0.717, 1.165) is 23.4 Å². The number of benzene rings is 1. The van der Waals surface area contributed by atoms with Gasteiger partial charge in [0.05, 0.1) is 0 Å². The van der Waals surface area contributed by atoms with Gasteiger partial charge < -0.3 is 15.6 Å². The van der Waals surface area contributed by atoms with Crippen molar-refractivity contribution < 1.29 is 9.84 Å². The largest absolute Gasteiger partial charge is 0.465 e. The molecule has 64 valence electrons. The first-order chi connectivity index (χ1) is 5.75. The minimum Gasteiger partial charge on any atom is -0.465 e. The van der Waals surface area contributed by atoms with Gasteiger partial charge in [-0.1, -0.05) is 0 Å². The number of hydrogen-bond acceptors (Lipinski definition) is 3. The van der Waals surface area contributed by atoms with Gasteiger partial charge in [-0.15, -0.1) is 0 Å². The van der Waals surface area contributed by atoms with E-state index in [-0.39, 0.29) is 0 Å². The van der Waals surface area contributed by atoms with E-state index in [1.807, 2.05) is 6.07 Å². The van der Waals surface area contributed by atoms with Gasteiger partial charge in [-0.3, -0.25) is 0 Å². The summed E-state index contributed by atoms with van der Waals surface area (Å²) in [5.41, 5.74) is 7.43. The first kappa shape index (κ1) is 7.43. The van der Waals surface area contributed by atoms with Gasteiger partial charge in [-0.05, 0) is 30.2 Å². The number of ether oxygens (including phenoxy) is 1. The van der Waals surface area contributed by atoms with Crippen LogP contribution in [0.25, 0.3) is 0 Å². The molecule has 0 amide bonds. The minimum atomic E-state index is -0.652. The molecule has 0 spiro atoms. The number of nitrogens with two attached hydrogens (primary N) is 1. The van der Waals surface area contributed by atoms with Crippen molar-refractivity contribution in [2.75, 3.05) is 5.73 Å². The molecule has 0 saturated carbocycles. The highest BCUT2D eigenvalue weighted by Crippen LogP contribution is 2.28. The van der Waals surface area contributed by atoms with E-state index in [4.69, 9.17) is 10.5 Å². The quantitative estimate of drug-likeness (QED) is 0.562. The Morgan fingerprint density at radius 1 is 1.50 bits per heavy atom. The summed E-state index contributed by atoms with van der Waals surface area (Å²) in [4.78, 5) is 0. The summed E-state index contributed by atoms with van der Waals surface area (Å²) in [6.45, 7) is 0. The highest BCUT2D eigenvalue weighted by atomic mass is 16.6. The van der Waals surface area contributed by atoms with Gasteiger partial charge in [0.15, 0.2) is 6.29 Å². The molecule has 0 aliphatic carbocycles. The number of aliphatic hydroxyl groups excluding tert-OH is 1. The maximum atomic E-state index is 9.17. The van der Waals surface area contributed by atoms with Crippen LogP contribution in [0.15, 0.2) is 18.2 Å². The van der Waals surface area contributed by atoms with Crippen LogP contribution < -0.4 is 10.5 Å². The van der Waals surface area contributed by atoms with E-state index in [2.05, 4.69) is 0 Å². The predicted molar refractivity (Wildman–Crippen MR) is 45.8 cm³/mol. The molecule has 1 aromatic carbocycles. The van der Waals surface area contributed by atoms with Crippen molar-refractivity contribution in [1.82, 2.24) is 0 Å². The van der Waals surface area contributed by atoms with Crippen molar-refractivity contribution in [3.63, 3.8) is 0 Å². The van der Waals surface area contributed by atoms with E-state index in [9.17, 15) is 5.11 Å². The van der Waals surface area contributed by atoms with Crippen LogP contribution in [-0.2, 0) is 6.42 Å². The second kappa shape index (κ2) is 2.68. The summed E-state index contributed by atoms with van der Waals surface area (Å²) >= 11 is 0. The molecule has 3 N–H and O–H groups in total. The van der Waals surface area contributed by atoms with Crippen LogP contribution >= 0.6 is 0 Å². The highest BCUT2D eigenvalue weighted by Gasteiger charge is 2.16. The second-order valence-electron chi connectivity index (χ2n) is 2.98. The van der Waals surface area contributed by atoms with Crippen LogP contribution in [0, 0.1) is 0 Å². The van der Waals surface area contributed by atoms with E-state index < -0.39 is 6.29 Å². The Bertz CT molecular complexity index is 299. The summed E-state index contributed by atoms with van der Waals surface area (Å²) in [6.07, 6.45) is 0.832. The molecule has 3 nitrogen and oxygen atoms in total. The smallest absolute Gasteiger partial charge is 0.197 e. The third-order valence-corrected chi connectivity index (χ3v) is 2.01. The fraction of sp³-hybridized carbons (Fsp3) is 0.333. The third-order valence-electron chi connectivity index (χ3n) is 2.01. The Balaban J connectivity index is 2.37. The van der Waals surface area contributed by atoms with Gasteiger partial charge in [-0.25, -0.2) is 0 Å². The lowest BCUT2D eigenvalue weighted by Gasteiger charge is -2.21. The molecule has 0 aromatic heterocycles. The Labute approximate surface area is 70.8 Å². The molecule has 12 heavy (non-hydrogen) atoms. The van der Waals surface area contributed by atoms with Crippen LogP contribution in [0.3, 0.4) is 0 Å². The van der Waals surface area contributed by atoms with Gasteiger partial charge >= 0.3 is 0 Å². The molecule has 0 radical (unpaired) electrons. The summed E-state index contributed by atoms with van der Waals surface area (Å²) < 4.78 is 5.19. The van der Waals surface area contributed by atoms with Crippen molar-refractivity contribution in [2.24, 2.45) is 0 Å². The molecule has 1 heterocycles. The van der Waals surface area contributed by atoms with Crippen molar-refractivity contribution in [2.45, 2.75) is 19.1 Å². The molecular formula is C9H11NO2. The molecule has 0 bridgehead atoms. The van der Waals surface area contributed by atoms with Gasteiger partial charge in [0, 0.05) is 12.1 Å². The van der Waals surface area contributed by atoms with E-state index in [1.165, 1.54) is 0 Å². The molecule has 1 aromatic rings. The normalized spacial score (nSPS) is 21.2. The number of fused-ring (bicyclic) bond motifs is 1. The van der Waals surface area contributed by atoms with Crippen LogP contribution in [0.5, 0.6) is 5.75 Å². The molecule has 3 heteroatoms. The predicted octanol–water partition coefficient (Wildman–Crippen LogP) is 0.912. The lowest BCUT2D eigenvalue weighted by atomic mass is 10.1. The maximum Gasteiger partial charge on any atom is 0.197 e. The first-order valence-corrected chi connectivity index (χ1v) is 3.99. The fourth-order valence-electron chi connectivity index (χ4n) is 1.39. The third kappa shape index (κ3) is 1.23. The first-order valence-electron chi connectivity index (χ1n) is 3.99. The average Bonchev–Trinajstić information content (AvgIpc) is 2.05. The number of nitrogen functional groups attached to an aromatic ring is 1. The summed E-state index contributed by atoms with van der Waals surface area (Å²) in [6, 6.07) is 5.46. The summed E-state index contributed by atoms with van der Waals surface area (Å²) in [5, 5.41) is 9.17. The lowest BCUT2D eigenvalue weighted by Crippen LogP contribution is -2.21. The number of aliphatic hydroxyl groups is 1. The zero-order chi connectivity index (χ0) is 8.55. The zero-order valence-electron chi connectivity index (χ0n) is 6.66. The Morgan fingerprint density at radius 2 is 2.33 bits per heavy atom. The Morgan fingerprint density at radius 3 is 3.17 bits per heavy atom. The molecule has 1 aliphatic rings. The van der Waals surface area contributed by atoms with Crippen LogP contribution in [0.1, 0.15) is 12.0 Å². The van der Waals surface area contributed by atoms with Crippen molar-refractivity contribution >= 4 is 5.69 Å². The van der Waals surface area contributed by atoms with E-state index in [0.29, 0.717) is 6.42 Å². The molecule has 2 rings (SSSR count).